The highest BCUT2D eigenvalue weighted by atomic mass is 16.1. The molecule has 5 rings (SSSR count). The van der Waals surface area contributed by atoms with Gasteiger partial charge in [0.1, 0.15) is 0 Å². The Hall–Kier alpha value is -2.29. The molecular formula is C23H26N2O. The molecule has 1 aliphatic heterocycles. The molecule has 0 aromatic heterocycles. The number of para-hydroxylation sites is 1. The van der Waals surface area contributed by atoms with Crippen molar-refractivity contribution in [3.63, 3.8) is 0 Å². The van der Waals surface area contributed by atoms with Crippen LogP contribution in [0.25, 0.3) is 0 Å². The minimum Gasteiger partial charge on any atom is -0.367 e. The highest BCUT2D eigenvalue weighted by molar-refractivity contribution is 5.94. The van der Waals surface area contributed by atoms with Crippen molar-refractivity contribution in [2.24, 2.45) is 11.8 Å². The Morgan fingerprint density at radius 2 is 1.88 bits per heavy atom. The average Bonchev–Trinajstić information content (AvgIpc) is 3.38. The molecule has 2 aromatic rings. The van der Waals surface area contributed by atoms with Crippen molar-refractivity contribution in [1.82, 2.24) is 5.32 Å². The maximum atomic E-state index is 12.6. The van der Waals surface area contributed by atoms with E-state index < -0.39 is 0 Å². The van der Waals surface area contributed by atoms with E-state index in [1.54, 1.807) is 0 Å². The van der Waals surface area contributed by atoms with E-state index in [0.29, 0.717) is 6.04 Å². The molecule has 3 heteroatoms. The molecule has 2 bridgehead atoms. The maximum absolute atomic E-state index is 12.6. The zero-order valence-corrected chi connectivity index (χ0v) is 15.2. The fourth-order valence-corrected chi connectivity index (χ4v) is 5.23. The van der Waals surface area contributed by atoms with Gasteiger partial charge in [0.2, 0.25) is 0 Å². The van der Waals surface area contributed by atoms with Crippen LogP contribution in [0.5, 0.6) is 0 Å². The number of anilines is 1. The molecule has 1 N–H and O–H groups in total. The molecule has 3 aliphatic rings. The molecule has 0 spiro atoms. The van der Waals surface area contributed by atoms with E-state index in [4.69, 9.17) is 0 Å². The minimum absolute atomic E-state index is 0.0978. The molecule has 1 amide bonds. The summed E-state index contributed by atoms with van der Waals surface area (Å²) in [5.41, 5.74) is 4.84. The van der Waals surface area contributed by atoms with Crippen molar-refractivity contribution < 1.29 is 4.79 Å². The molecule has 2 fully saturated rings. The van der Waals surface area contributed by atoms with Gasteiger partial charge in [-0.25, -0.2) is 0 Å². The molecular weight excluding hydrogens is 320 g/mol. The van der Waals surface area contributed by atoms with E-state index >= 15 is 0 Å². The molecule has 2 aromatic carbocycles. The topological polar surface area (TPSA) is 32.3 Å². The van der Waals surface area contributed by atoms with E-state index in [0.717, 1.165) is 36.9 Å². The summed E-state index contributed by atoms with van der Waals surface area (Å²) >= 11 is 0. The summed E-state index contributed by atoms with van der Waals surface area (Å²) in [4.78, 5) is 15.0. The fourth-order valence-electron chi connectivity index (χ4n) is 5.23. The zero-order valence-electron chi connectivity index (χ0n) is 15.2. The number of hydrogen-bond donors (Lipinski definition) is 1. The van der Waals surface area contributed by atoms with Gasteiger partial charge < -0.3 is 10.2 Å². The number of carbonyl (C=O) groups is 1. The van der Waals surface area contributed by atoms with E-state index in [1.165, 1.54) is 42.5 Å². The highest BCUT2D eigenvalue weighted by Gasteiger charge is 2.40. The second-order valence-electron chi connectivity index (χ2n) is 8.25. The van der Waals surface area contributed by atoms with Crippen LogP contribution in [-0.4, -0.2) is 18.5 Å². The van der Waals surface area contributed by atoms with E-state index in [-0.39, 0.29) is 5.91 Å². The van der Waals surface area contributed by atoms with Crippen LogP contribution in [-0.2, 0) is 13.0 Å². The van der Waals surface area contributed by atoms with Crippen molar-refractivity contribution >= 4 is 11.6 Å². The molecule has 3 atom stereocenters. The van der Waals surface area contributed by atoms with Crippen LogP contribution in [0.2, 0.25) is 0 Å². The number of carbonyl (C=O) groups excluding carboxylic acids is 1. The van der Waals surface area contributed by atoms with E-state index in [9.17, 15) is 4.79 Å². The summed E-state index contributed by atoms with van der Waals surface area (Å²) in [5, 5.41) is 3.28. The van der Waals surface area contributed by atoms with Gasteiger partial charge in [-0.3, -0.25) is 4.79 Å². The first-order chi connectivity index (χ1) is 12.8. The normalized spacial score (nSPS) is 26.2. The predicted octanol–water partition coefficient (Wildman–Crippen LogP) is 4.17. The molecule has 1 heterocycles. The Kier molecular flexibility index (Phi) is 3.96. The van der Waals surface area contributed by atoms with Gasteiger partial charge in [0.15, 0.2) is 0 Å². The van der Waals surface area contributed by atoms with Crippen LogP contribution in [0.1, 0.15) is 47.2 Å². The van der Waals surface area contributed by atoms with Crippen molar-refractivity contribution in [3.05, 3.63) is 65.2 Å². The van der Waals surface area contributed by atoms with E-state index in [2.05, 4.69) is 46.6 Å². The Morgan fingerprint density at radius 3 is 2.65 bits per heavy atom. The predicted molar refractivity (Wildman–Crippen MR) is 104 cm³/mol. The van der Waals surface area contributed by atoms with Gasteiger partial charge in [-0.05, 0) is 66.8 Å². The molecule has 0 unspecified atom stereocenters. The van der Waals surface area contributed by atoms with Crippen molar-refractivity contribution in [2.45, 2.75) is 44.7 Å². The average molecular weight is 346 g/mol. The third-order valence-corrected chi connectivity index (χ3v) is 6.63. The summed E-state index contributed by atoms with van der Waals surface area (Å²) in [6.45, 7) is 1.98. The molecule has 26 heavy (non-hydrogen) atoms. The van der Waals surface area contributed by atoms with Crippen LogP contribution < -0.4 is 10.2 Å². The monoisotopic (exact) mass is 346 g/mol. The lowest BCUT2D eigenvalue weighted by Crippen LogP contribution is -2.38. The van der Waals surface area contributed by atoms with E-state index in [1.807, 2.05) is 12.1 Å². The van der Waals surface area contributed by atoms with Crippen molar-refractivity contribution in [1.29, 1.82) is 0 Å². The largest absolute Gasteiger partial charge is 0.367 e. The van der Waals surface area contributed by atoms with Gasteiger partial charge in [0.25, 0.3) is 5.91 Å². The molecule has 0 radical (unpaired) electrons. The number of amides is 1. The number of hydrogen-bond acceptors (Lipinski definition) is 2. The van der Waals surface area contributed by atoms with Crippen LogP contribution in [0, 0.1) is 11.8 Å². The van der Waals surface area contributed by atoms with Crippen molar-refractivity contribution in [2.75, 3.05) is 11.4 Å². The second-order valence-corrected chi connectivity index (χ2v) is 8.25. The summed E-state index contributed by atoms with van der Waals surface area (Å²) in [7, 11) is 0. The lowest BCUT2D eigenvalue weighted by atomic mass is 9.95. The van der Waals surface area contributed by atoms with Crippen LogP contribution in [0.15, 0.2) is 48.5 Å². The summed E-state index contributed by atoms with van der Waals surface area (Å²) in [5.74, 6) is 1.68. The summed E-state index contributed by atoms with van der Waals surface area (Å²) in [6, 6.07) is 17.2. The van der Waals surface area contributed by atoms with Gasteiger partial charge in [-0.1, -0.05) is 36.8 Å². The molecule has 2 aliphatic carbocycles. The minimum atomic E-state index is 0.0978. The SMILES string of the molecule is O=C(N[C@H]1C[C@H]2CC[C@@H]1C2)c1ccc(CN2CCc3ccccc32)cc1. The third kappa shape index (κ3) is 2.90. The number of nitrogens with one attached hydrogen (secondary N) is 1. The summed E-state index contributed by atoms with van der Waals surface area (Å²) in [6.07, 6.45) is 6.29. The van der Waals surface area contributed by atoms with Gasteiger partial charge in [-0.15, -0.1) is 0 Å². The highest BCUT2D eigenvalue weighted by Crippen LogP contribution is 2.44. The van der Waals surface area contributed by atoms with Gasteiger partial charge in [0.05, 0.1) is 0 Å². The standard InChI is InChI=1S/C23H26N2O/c26-23(24-21-14-17-7-10-20(21)13-17)19-8-5-16(6-9-19)15-25-12-11-18-3-1-2-4-22(18)25/h1-6,8-9,17,20-21H,7,10-15H2,(H,24,26)/t17-,20+,21-/m0/s1. The number of fused-ring (bicyclic) bond motifs is 3. The third-order valence-electron chi connectivity index (χ3n) is 6.63. The number of nitrogens with zero attached hydrogens (tertiary/aromatic N) is 1. The fraction of sp³-hybridized carbons (Fsp3) is 0.435. The lowest BCUT2D eigenvalue weighted by molar-refractivity contribution is 0.0923. The molecule has 2 saturated carbocycles. The number of benzene rings is 2. The van der Waals surface area contributed by atoms with Gasteiger partial charge in [-0.2, -0.15) is 0 Å². The van der Waals surface area contributed by atoms with Crippen molar-refractivity contribution in [3.8, 4) is 0 Å². The first-order valence-corrected chi connectivity index (χ1v) is 9.99. The Balaban J connectivity index is 1.23. The Labute approximate surface area is 155 Å². The Morgan fingerprint density at radius 1 is 1.04 bits per heavy atom. The number of rotatable bonds is 4. The van der Waals surface area contributed by atoms with Crippen LogP contribution in [0.3, 0.4) is 0 Å². The smallest absolute Gasteiger partial charge is 0.251 e. The lowest BCUT2D eigenvalue weighted by Gasteiger charge is -2.23. The van der Waals surface area contributed by atoms with Gasteiger partial charge >= 0.3 is 0 Å². The summed E-state index contributed by atoms with van der Waals surface area (Å²) < 4.78 is 0. The quantitative estimate of drug-likeness (QED) is 0.901. The molecule has 3 nitrogen and oxygen atoms in total. The molecule has 134 valence electrons. The first-order valence-electron chi connectivity index (χ1n) is 9.99. The maximum Gasteiger partial charge on any atom is 0.251 e. The first kappa shape index (κ1) is 15.9. The second kappa shape index (κ2) is 6.46. The van der Waals surface area contributed by atoms with Crippen LogP contribution in [0.4, 0.5) is 5.69 Å². The Bertz CT molecular complexity index is 813. The van der Waals surface area contributed by atoms with Crippen LogP contribution >= 0.6 is 0 Å². The zero-order chi connectivity index (χ0) is 17.5. The van der Waals surface area contributed by atoms with Gasteiger partial charge in [0, 0.05) is 30.4 Å². The molecule has 0 saturated heterocycles.